The number of carboxylic acids is 1. The minimum Gasteiger partial charge on any atom is -0.481 e. The number of aliphatic carboxylic acids is 1. The van der Waals surface area contributed by atoms with Gasteiger partial charge in [-0.1, -0.05) is 0 Å². The van der Waals surface area contributed by atoms with Crippen molar-refractivity contribution < 1.29 is 27.8 Å². The molecule has 0 aliphatic carbocycles. The maximum Gasteiger partial charge on any atom is 0.404 e. The molecule has 6 heteroatoms. The summed E-state index contributed by atoms with van der Waals surface area (Å²) < 4.78 is 41.0. The van der Waals surface area contributed by atoms with Crippen molar-refractivity contribution in [1.82, 2.24) is 0 Å². The van der Waals surface area contributed by atoms with Gasteiger partial charge in [-0.05, 0) is 20.8 Å². The van der Waals surface area contributed by atoms with Gasteiger partial charge in [-0.3, -0.25) is 4.79 Å². The van der Waals surface area contributed by atoms with Gasteiger partial charge in [0.2, 0.25) is 0 Å². The molecule has 0 aromatic rings. The van der Waals surface area contributed by atoms with Crippen LogP contribution in [0, 0.1) is 5.92 Å². The zero-order valence-corrected chi connectivity index (χ0v) is 8.18. The monoisotopic (exact) mass is 214 g/mol. The molecule has 0 aromatic carbocycles. The van der Waals surface area contributed by atoms with Crippen LogP contribution in [0.4, 0.5) is 13.2 Å². The summed E-state index contributed by atoms with van der Waals surface area (Å²) in [5, 5.41) is 8.31. The SMILES string of the molecule is CC(C)(C)OCC(C(=O)O)C(F)(F)F. The van der Waals surface area contributed by atoms with Crippen molar-refractivity contribution >= 4 is 5.97 Å². The van der Waals surface area contributed by atoms with Crippen LogP contribution in [0.3, 0.4) is 0 Å². The van der Waals surface area contributed by atoms with Gasteiger partial charge in [0.05, 0.1) is 12.2 Å². The van der Waals surface area contributed by atoms with E-state index in [1.165, 1.54) is 0 Å². The van der Waals surface area contributed by atoms with Crippen LogP contribution in [0.15, 0.2) is 0 Å². The molecule has 0 spiro atoms. The lowest BCUT2D eigenvalue weighted by atomic mass is 10.1. The van der Waals surface area contributed by atoms with Gasteiger partial charge in [0.15, 0.2) is 5.92 Å². The number of ether oxygens (including phenoxy) is 1. The smallest absolute Gasteiger partial charge is 0.404 e. The van der Waals surface area contributed by atoms with Gasteiger partial charge in [0.1, 0.15) is 0 Å². The summed E-state index contributed by atoms with van der Waals surface area (Å²) in [4.78, 5) is 10.3. The molecule has 0 rings (SSSR count). The van der Waals surface area contributed by atoms with Gasteiger partial charge in [-0.2, -0.15) is 13.2 Å². The molecule has 84 valence electrons. The summed E-state index contributed by atoms with van der Waals surface area (Å²) in [6.45, 7) is 3.81. The Morgan fingerprint density at radius 3 is 2.00 bits per heavy atom. The van der Waals surface area contributed by atoms with E-state index in [-0.39, 0.29) is 0 Å². The van der Waals surface area contributed by atoms with E-state index in [9.17, 15) is 18.0 Å². The second kappa shape index (κ2) is 4.16. The van der Waals surface area contributed by atoms with Crippen LogP contribution in [0.25, 0.3) is 0 Å². The molecule has 0 aliphatic rings. The number of hydrogen-bond acceptors (Lipinski definition) is 2. The van der Waals surface area contributed by atoms with Crippen molar-refractivity contribution in [2.75, 3.05) is 6.61 Å². The van der Waals surface area contributed by atoms with Crippen LogP contribution in [0.1, 0.15) is 20.8 Å². The van der Waals surface area contributed by atoms with Crippen molar-refractivity contribution in [2.24, 2.45) is 5.92 Å². The second-order valence-electron chi connectivity index (χ2n) is 3.86. The van der Waals surface area contributed by atoms with E-state index in [0.29, 0.717) is 0 Å². The largest absolute Gasteiger partial charge is 0.481 e. The molecule has 0 aromatic heterocycles. The number of hydrogen-bond donors (Lipinski definition) is 1. The first kappa shape index (κ1) is 13.2. The van der Waals surface area contributed by atoms with Crippen molar-refractivity contribution in [3.8, 4) is 0 Å². The van der Waals surface area contributed by atoms with Crippen LogP contribution in [-0.2, 0) is 9.53 Å². The lowest BCUT2D eigenvalue weighted by Gasteiger charge is -2.23. The van der Waals surface area contributed by atoms with E-state index in [4.69, 9.17) is 9.84 Å². The third-order valence-electron chi connectivity index (χ3n) is 1.38. The van der Waals surface area contributed by atoms with Gasteiger partial charge < -0.3 is 9.84 Å². The van der Waals surface area contributed by atoms with Crippen LogP contribution >= 0.6 is 0 Å². The van der Waals surface area contributed by atoms with Crippen molar-refractivity contribution in [2.45, 2.75) is 32.5 Å². The van der Waals surface area contributed by atoms with Crippen molar-refractivity contribution in [3.05, 3.63) is 0 Å². The standard InChI is InChI=1S/C8H13F3O3/c1-7(2,3)14-4-5(6(12)13)8(9,10)11/h5H,4H2,1-3H3,(H,12,13). The number of halogens is 3. The van der Waals surface area contributed by atoms with Crippen LogP contribution in [0.5, 0.6) is 0 Å². The van der Waals surface area contributed by atoms with Gasteiger partial charge in [-0.25, -0.2) is 0 Å². The molecule has 0 heterocycles. The number of rotatable bonds is 3. The Morgan fingerprint density at radius 2 is 1.79 bits per heavy atom. The predicted octanol–water partition coefficient (Wildman–Crippen LogP) is 2.06. The van der Waals surface area contributed by atoms with Gasteiger partial charge in [0.25, 0.3) is 0 Å². The quantitative estimate of drug-likeness (QED) is 0.782. The number of alkyl halides is 3. The van der Waals surface area contributed by atoms with E-state index < -0.39 is 30.3 Å². The van der Waals surface area contributed by atoms with E-state index in [2.05, 4.69) is 0 Å². The minimum absolute atomic E-state index is 0.779. The van der Waals surface area contributed by atoms with E-state index in [1.807, 2.05) is 0 Å². The Labute approximate surface area is 79.9 Å². The summed E-state index contributed by atoms with van der Waals surface area (Å²) in [7, 11) is 0. The molecular weight excluding hydrogens is 201 g/mol. The summed E-state index contributed by atoms with van der Waals surface area (Å²) in [6, 6.07) is 0. The topological polar surface area (TPSA) is 46.5 Å². The fourth-order valence-corrected chi connectivity index (χ4v) is 0.639. The normalized spacial score (nSPS) is 15.3. The fraction of sp³-hybridized carbons (Fsp3) is 0.875. The molecule has 1 unspecified atom stereocenters. The van der Waals surface area contributed by atoms with Crippen LogP contribution in [-0.4, -0.2) is 29.5 Å². The Hall–Kier alpha value is -0.780. The third-order valence-corrected chi connectivity index (χ3v) is 1.38. The first-order valence-electron chi connectivity index (χ1n) is 3.97. The van der Waals surface area contributed by atoms with Gasteiger partial charge >= 0.3 is 12.1 Å². The Kier molecular flexibility index (Phi) is 3.93. The van der Waals surface area contributed by atoms with Crippen molar-refractivity contribution in [3.63, 3.8) is 0 Å². The Balaban J connectivity index is 4.35. The van der Waals surface area contributed by atoms with Gasteiger partial charge in [0, 0.05) is 0 Å². The number of carbonyl (C=O) groups is 1. The molecule has 0 radical (unpaired) electrons. The Bertz CT molecular complexity index is 205. The molecule has 3 nitrogen and oxygen atoms in total. The minimum atomic E-state index is -4.77. The molecule has 14 heavy (non-hydrogen) atoms. The highest BCUT2D eigenvalue weighted by molar-refractivity contribution is 5.71. The molecule has 0 aliphatic heterocycles. The molecule has 0 saturated carbocycles. The second-order valence-corrected chi connectivity index (χ2v) is 3.86. The zero-order chi connectivity index (χ0) is 11.6. The summed E-state index contributed by atoms with van der Waals surface area (Å²) in [5.74, 6) is -4.37. The van der Waals surface area contributed by atoms with E-state index >= 15 is 0 Å². The molecule has 0 saturated heterocycles. The fourth-order valence-electron chi connectivity index (χ4n) is 0.639. The maximum atomic E-state index is 12.1. The molecule has 0 fully saturated rings. The van der Waals surface area contributed by atoms with Gasteiger partial charge in [-0.15, -0.1) is 0 Å². The lowest BCUT2D eigenvalue weighted by molar-refractivity contribution is -0.208. The number of carboxylic acid groups (broad SMARTS) is 1. The summed E-state index contributed by atoms with van der Waals surface area (Å²) in [5.41, 5.74) is -0.779. The highest BCUT2D eigenvalue weighted by atomic mass is 19.4. The summed E-state index contributed by atoms with van der Waals surface area (Å²) >= 11 is 0. The maximum absolute atomic E-state index is 12.1. The molecule has 1 N–H and O–H groups in total. The highest BCUT2D eigenvalue weighted by Gasteiger charge is 2.45. The molecule has 0 amide bonds. The molecule has 1 atom stereocenters. The summed E-state index contributed by atoms with van der Waals surface area (Å²) in [6.07, 6.45) is -4.77. The highest BCUT2D eigenvalue weighted by Crippen LogP contribution is 2.27. The van der Waals surface area contributed by atoms with Crippen LogP contribution in [0.2, 0.25) is 0 Å². The first-order valence-corrected chi connectivity index (χ1v) is 3.97. The van der Waals surface area contributed by atoms with Crippen LogP contribution < -0.4 is 0 Å². The lowest BCUT2D eigenvalue weighted by Crippen LogP contribution is -2.37. The Morgan fingerprint density at radius 1 is 1.36 bits per heavy atom. The third kappa shape index (κ3) is 5.06. The zero-order valence-electron chi connectivity index (χ0n) is 8.18. The van der Waals surface area contributed by atoms with E-state index in [1.54, 1.807) is 20.8 Å². The first-order chi connectivity index (χ1) is 6.04. The average Bonchev–Trinajstić information content (AvgIpc) is 1.79. The molecular formula is C8H13F3O3. The average molecular weight is 214 g/mol. The molecule has 0 bridgehead atoms. The van der Waals surface area contributed by atoms with E-state index in [0.717, 1.165) is 0 Å². The van der Waals surface area contributed by atoms with Crippen molar-refractivity contribution in [1.29, 1.82) is 0 Å². The predicted molar refractivity (Wildman–Crippen MR) is 42.9 cm³/mol.